The summed E-state index contributed by atoms with van der Waals surface area (Å²) in [7, 11) is 3.78. The smallest absolute Gasteiger partial charge is 0.255 e. The highest BCUT2D eigenvalue weighted by atomic mass is 16.5. The number of amides is 1. The molecule has 1 aliphatic rings. The Balaban J connectivity index is 1.55. The van der Waals surface area contributed by atoms with Gasteiger partial charge in [-0.2, -0.15) is 0 Å². The highest BCUT2D eigenvalue weighted by Crippen LogP contribution is 2.25. The molecule has 1 N–H and O–H groups in total. The third-order valence-corrected chi connectivity index (χ3v) is 5.85. The third kappa shape index (κ3) is 4.73. The number of hydrogen-bond acceptors (Lipinski definition) is 5. The number of benzene rings is 2. The number of ether oxygens (including phenoxy) is 1. The molecule has 0 bridgehead atoms. The lowest BCUT2D eigenvalue weighted by Crippen LogP contribution is -2.44. The van der Waals surface area contributed by atoms with Crippen molar-refractivity contribution in [3.63, 3.8) is 0 Å². The number of carbonyl (C=O) groups is 1. The van der Waals surface area contributed by atoms with Crippen LogP contribution >= 0.6 is 0 Å². The van der Waals surface area contributed by atoms with Gasteiger partial charge in [-0.15, -0.1) is 0 Å². The number of methoxy groups -OCH3 is 1. The lowest BCUT2D eigenvalue weighted by atomic mass is 10.2. The van der Waals surface area contributed by atoms with Gasteiger partial charge < -0.3 is 19.5 Å². The van der Waals surface area contributed by atoms with Crippen molar-refractivity contribution >= 4 is 22.6 Å². The fourth-order valence-corrected chi connectivity index (χ4v) is 4.07. The summed E-state index contributed by atoms with van der Waals surface area (Å²) in [4.78, 5) is 22.4. The molecule has 1 aliphatic heterocycles. The number of fused-ring (bicyclic) bond motifs is 1. The number of hydrogen-bond donors (Lipinski definition) is 1. The highest BCUT2D eigenvalue weighted by molar-refractivity contribution is 6.05. The molecule has 1 amide bonds. The summed E-state index contributed by atoms with van der Waals surface area (Å²) in [5.74, 6) is 1.65. The summed E-state index contributed by atoms with van der Waals surface area (Å²) in [6.45, 7) is 9.50. The van der Waals surface area contributed by atoms with Crippen LogP contribution in [0.5, 0.6) is 5.75 Å². The summed E-state index contributed by atoms with van der Waals surface area (Å²) in [6, 6.07) is 13.4. The van der Waals surface area contributed by atoms with Crippen molar-refractivity contribution in [3.05, 3.63) is 53.9 Å². The molecule has 1 saturated heterocycles. The van der Waals surface area contributed by atoms with Gasteiger partial charge in [-0.3, -0.25) is 9.69 Å². The van der Waals surface area contributed by atoms with Gasteiger partial charge in [0.1, 0.15) is 11.6 Å². The van der Waals surface area contributed by atoms with Crippen LogP contribution in [0.3, 0.4) is 0 Å². The molecule has 1 fully saturated rings. The Bertz CT molecular complexity index is 1050. The molecule has 3 aromatic rings. The van der Waals surface area contributed by atoms with Crippen LogP contribution in [0.15, 0.2) is 42.5 Å². The molecule has 164 valence electrons. The van der Waals surface area contributed by atoms with Crippen molar-refractivity contribution in [2.45, 2.75) is 26.4 Å². The standard InChI is InChI=1S/C24H31N5O2/c1-17(2)29-22-10-7-19(25-24(30)18-5-8-20(31-4)9-6-18)15-21(22)26-23(29)16-28-13-11-27(3)12-14-28/h5-10,15,17H,11-14,16H2,1-4H3,(H,25,30). The minimum Gasteiger partial charge on any atom is -0.497 e. The van der Waals surface area contributed by atoms with Crippen LogP contribution in [0.4, 0.5) is 5.69 Å². The number of anilines is 1. The molecule has 7 nitrogen and oxygen atoms in total. The molecule has 2 aromatic carbocycles. The Morgan fingerprint density at radius 2 is 1.81 bits per heavy atom. The Morgan fingerprint density at radius 1 is 1.10 bits per heavy atom. The van der Waals surface area contributed by atoms with E-state index in [1.165, 1.54) is 0 Å². The fraction of sp³-hybridized carbons (Fsp3) is 0.417. The van der Waals surface area contributed by atoms with Gasteiger partial charge in [0.05, 0.1) is 24.7 Å². The van der Waals surface area contributed by atoms with Crippen molar-refractivity contribution < 1.29 is 9.53 Å². The van der Waals surface area contributed by atoms with Gasteiger partial charge in [0.15, 0.2) is 0 Å². The second kappa shape index (κ2) is 9.08. The Labute approximate surface area is 183 Å². The number of likely N-dealkylation sites (N-methyl/N-ethyl adjacent to an activating group) is 1. The number of aromatic nitrogens is 2. The zero-order chi connectivity index (χ0) is 22.0. The van der Waals surface area contributed by atoms with Gasteiger partial charge in [0.25, 0.3) is 5.91 Å². The van der Waals surface area contributed by atoms with Crippen molar-refractivity contribution in [1.29, 1.82) is 0 Å². The van der Waals surface area contributed by atoms with Crippen LogP contribution < -0.4 is 10.1 Å². The number of piperazine rings is 1. The summed E-state index contributed by atoms with van der Waals surface area (Å²) >= 11 is 0. The lowest BCUT2D eigenvalue weighted by molar-refractivity contribution is 0.102. The van der Waals surface area contributed by atoms with E-state index in [0.29, 0.717) is 11.6 Å². The minimum atomic E-state index is -0.150. The predicted octanol–water partition coefficient (Wildman–Crippen LogP) is 3.63. The average Bonchev–Trinajstić information content (AvgIpc) is 3.12. The molecule has 1 aromatic heterocycles. The molecule has 7 heteroatoms. The summed E-state index contributed by atoms with van der Waals surface area (Å²) < 4.78 is 7.47. The van der Waals surface area contributed by atoms with Crippen LogP contribution in [0.25, 0.3) is 11.0 Å². The molecule has 31 heavy (non-hydrogen) atoms. The van der Waals surface area contributed by atoms with Gasteiger partial charge in [0.2, 0.25) is 0 Å². The number of nitrogens with one attached hydrogen (secondary N) is 1. The molecule has 0 atom stereocenters. The largest absolute Gasteiger partial charge is 0.497 e. The van der Waals surface area contributed by atoms with Crippen LogP contribution in [-0.4, -0.2) is 65.6 Å². The van der Waals surface area contributed by atoms with E-state index in [-0.39, 0.29) is 5.91 Å². The third-order valence-electron chi connectivity index (χ3n) is 5.85. The maximum Gasteiger partial charge on any atom is 0.255 e. The number of nitrogens with zero attached hydrogens (tertiary/aromatic N) is 4. The lowest BCUT2D eigenvalue weighted by Gasteiger charge is -2.32. The highest BCUT2D eigenvalue weighted by Gasteiger charge is 2.19. The molecule has 4 rings (SSSR count). The van der Waals surface area contributed by atoms with Gasteiger partial charge in [-0.25, -0.2) is 4.98 Å². The van der Waals surface area contributed by atoms with Gasteiger partial charge in [-0.05, 0) is 63.4 Å². The zero-order valence-electron chi connectivity index (χ0n) is 18.8. The minimum absolute atomic E-state index is 0.150. The normalized spacial score (nSPS) is 15.5. The molecular formula is C24H31N5O2. The first-order chi connectivity index (χ1) is 14.9. The van der Waals surface area contributed by atoms with E-state index in [2.05, 4.69) is 46.6 Å². The van der Waals surface area contributed by atoms with Gasteiger partial charge in [-0.1, -0.05) is 0 Å². The van der Waals surface area contributed by atoms with E-state index in [1.807, 2.05) is 12.1 Å². The maximum atomic E-state index is 12.6. The van der Waals surface area contributed by atoms with Crippen LogP contribution in [0.1, 0.15) is 36.1 Å². The monoisotopic (exact) mass is 421 g/mol. The van der Waals surface area contributed by atoms with Crippen LogP contribution in [0.2, 0.25) is 0 Å². The topological polar surface area (TPSA) is 62.6 Å². The first kappa shape index (κ1) is 21.3. The average molecular weight is 422 g/mol. The SMILES string of the molecule is COc1ccc(C(=O)Nc2ccc3c(c2)nc(CN2CCN(C)CC2)n3C(C)C)cc1. The van der Waals surface area contributed by atoms with E-state index >= 15 is 0 Å². The molecule has 0 unspecified atom stereocenters. The molecular weight excluding hydrogens is 390 g/mol. The van der Waals surface area contributed by atoms with Gasteiger partial charge in [0, 0.05) is 43.5 Å². The van der Waals surface area contributed by atoms with Crippen LogP contribution in [-0.2, 0) is 6.54 Å². The predicted molar refractivity (Wildman–Crippen MR) is 124 cm³/mol. The van der Waals surface area contributed by atoms with E-state index < -0.39 is 0 Å². The fourth-order valence-electron chi connectivity index (χ4n) is 4.07. The van der Waals surface area contributed by atoms with E-state index in [4.69, 9.17) is 9.72 Å². The molecule has 0 aliphatic carbocycles. The van der Waals surface area contributed by atoms with Crippen molar-refractivity contribution in [3.8, 4) is 5.75 Å². The van der Waals surface area contributed by atoms with Crippen LogP contribution in [0, 0.1) is 0 Å². The van der Waals surface area contributed by atoms with Crippen molar-refractivity contribution in [2.24, 2.45) is 0 Å². The van der Waals surface area contributed by atoms with E-state index in [9.17, 15) is 4.79 Å². The zero-order valence-corrected chi connectivity index (χ0v) is 18.8. The summed E-state index contributed by atoms with van der Waals surface area (Å²) in [6.07, 6.45) is 0. The first-order valence-corrected chi connectivity index (χ1v) is 10.8. The number of carbonyl (C=O) groups excluding carboxylic acids is 1. The maximum absolute atomic E-state index is 12.6. The molecule has 0 saturated carbocycles. The Hall–Kier alpha value is -2.90. The first-order valence-electron chi connectivity index (χ1n) is 10.8. The van der Waals surface area contributed by atoms with Gasteiger partial charge >= 0.3 is 0 Å². The van der Waals surface area contributed by atoms with E-state index in [1.54, 1.807) is 31.4 Å². The van der Waals surface area contributed by atoms with E-state index in [0.717, 1.165) is 61.0 Å². The van der Waals surface area contributed by atoms with Crippen molar-refractivity contribution in [1.82, 2.24) is 19.4 Å². The quantitative estimate of drug-likeness (QED) is 0.659. The summed E-state index contributed by atoms with van der Waals surface area (Å²) in [5, 5.41) is 2.99. The molecule has 0 radical (unpaired) electrons. The number of rotatable bonds is 6. The molecule has 2 heterocycles. The van der Waals surface area contributed by atoms with Crippen molar-refractivity contribution in [2.75, 3.05) is 45.7 Å². The molecule has 0 spiro atoms. The number of imidazole rings is 1. The summed E-state index contributed by atoms with van der Waals surface area (Å²) in [5.41, 5.74) is 3.34. The second-order valence-electron chi connectivity index (χ2n) is 8.46. The Morgan fingerprint density at radius 3 is 2.45 bits per heavy atom. The Kier molecular flexibility index (Phi) is 6.25. The second-order valence-corrected chi connectivity index (χ2v) is 8.46.